The van der Waals surface area contributed by atoms with Gasteiger partial charge in [-0.1, -0.05) is 135 Å². The number of fused-ring (bicyclic) bond motifs is 18. The lowest BCUT2D eigenvalue weighted by Crippen LogP contribution is -2.15. The highest BCUT2D eigenvalue weighted by Crippen LogP contribution is 2.52. The first-order valence-corrected chi connectivity index (χ1v) is 20.0. The molecule has 262 valence electrons. The van der Waals surface area contributed by atoms with E-state index < -0.39 is 0 Å². The van der Waals surface area contributed by atoms with Crippen LogP contribution in [0.1, 0.15) is 25.0 Å². The lowest BCUT2D eigenvalue weighted by atomic mass is 9.82. The van der Waals surface area contributed by atoms with Crippen LogP contribution >= 0.6 is 11.3 Å². The van der Waals surface area contributed by atoms with Crippen LogP contribution in [0.5, 0.6) is 0 Å². The van der Waals surface area contributed by atoms with Gasteiger partial charge >= 0.3 is 0 Å². The van der Waals surface area contributed by atoms with Crippen molar-refractivity contribution in [2.45, 2.75) is 19.3 Å². The molecule has 0 fully saturated rings. The topological polar surface area (TPSA) is 43.9 Å². The lowest BCUT2D eigenvalue weighted by Gasteiger charge is -2.22. The molecule has 56 heavy (non-hydrogen) atoms. The van der Waals surface area contributed by atoms with Crippen LogP contribution in [0.4, 0.5) is 0 Å². The minimum absolute atomic E-state index is 0.167. The molecule has 4 nitrogen and oxygen atoms in total. The van der Waals surface area contributed by atoms with Crippen LogP contribution in [0.2, 0.25) is 0 Å². The van der Waals surface area contributed by atoms with Gasteiger partial charge in [0.15, 0.2) is 5.82 Å². The molecule has 0 radical (unpaired) electrons. The van der Waals surface area contributed by atoms with Crippen LogP contribution in [-0.2, 0) is 5.41 Å². The lowest BCUT2D eigenvalue weighted by molar-refractivity contribution is 0.651. The standard InChI is InChI=1S/C51H31N3OS/c1-51(2)37-20-10-7-15-31(37)32-25-23-29(27-38(32)51)45-49(53-50-46(52-45)36-19-9-12-22-40(36)55-50)54-39-21-11-8-18-35(39)42-33-16-5-6-17-34(33)44-43-30-14-4-3-13-28(30)24-26-41(43)56-48(44)47(42)54/h3-27H,1-2H3. The average Bonchev–Trinajstić information content (AvgIpc) is 3.97. The van der Waals surface area contributed by atoms with E-state index in [1.165, 1.54) is 74.7 Å². The SMILES string of the molecule is CC1(C)c2ccccc2-c2ccc(-c3nc4c(nc3-n3c5ccccc5c5c6ccccc6c6c(sc7ccc8ccccc8c76)c53)oc3ccccc34)cc21. The number of benzene rings is 8. The highest BCUT2D eigenvalue weighted by Gasteiger charge is 2.36. The summed E-state index contributed by atoms with van der Waals surface area (Å²) in [6, 6.07) is 54.9. The number of rotatable bonds is 2. The maximum absolute atomic E-state index is 6.53. The fourth-order valence-electron chi connectivity index (χ4n) is 9.87. The van der Waals surface area contributed by atoms with Gasteiger partial charge in [0.2, 0.25) is 5.71 Å². The van der Waals surface area contributed by atoms with Gasteiger partial charge in [0.05, 0.1) is 15.7 Å². The Morgan fingerprint density at radius 2 is 1.27 bits per heavy atom. The van der Waals surface area contributed by atoms with Crippen LogP contribution in [0, 0.1) is 0 Å². The first-order valence-electron chi connectivity index (χ1n) is 19.2. The Balaban J connectivity index is 1.23. The largest absolute Gasteiger partial charge is 0.436 e. The number of hydrogen-bond acceptors (Lipinski definition) is 4. The molecule has 0 saturated carbocycles. The van der Waals surface area contributed by atoms with Crippen molar-refractivity contribution in [2.75, 3.05) is 0 Å². The molecule has 0 unspecified atom stereocenters. The van der Waals surface area contributed by atoms with Crippen LogP contribution in [-0.4, -0.2) is 14.5 Å². The van der Waals surface area contributed by atoms with Gasteiger partial charge in [-0.2, -0.15) is 4.98 Å². The van der Waals surface area contributed by atoms with E-state index in [0.29, 0.717) is 5.71 Å². The Kier molecular flexibility index (Phi) is 5.82. The molecule has 1 aliphatic carbocycles. The van der Waals surface area contributed by atoms with Gasteiger partial charge < -0.3 is 4.42 Å². The van der Waals surface area contributed by atoms with Crippen molar-refractivity contribution >= 4 is 97.1 Å². The molecule has 0 N–H and O–H groups in total. The van der Waals surface area contributed by atoms with Gasteiger partial charge in [0.1, 0.15) is 16.8 Å². The van der Waals surface area contributed by atoms with Crippen LogP contribution in [0.15, 0.2) is 156 Å². The van der Waals surface area contributed by atoms with Crippen LogP contribution in [0.25, 0.3) is 114 Å². The van der Waals surface area contributed by atoms with E-state index in [4.69, 9.17) is 14.4 Å². The van der Waals surface area contributed by atoms with Crippen molar-refractivity contribution in [3.05, 3.63) is 163 Å². The zero-order valence-electron chi connectivity index (χ0n) is 30.6. The Morgan fingerprint density at radius 3 is 2.14 bits per heavy atom. The zero-order valence-corrected chi connectivity index (χ0v) is 31.4. The third kappa shape index (κ3) is 3.83. The van der Waals surface area contributed by atoms with Crippen LogP contribution < -0.4 is 0 Å². The molecule has 4 heterocycles. The number of nitrogens with zero attached hydrogens (tertiary/aromatic N) is 3. The predicted octanol–water partition coefficient (Wildman–Crippen LogP) is 14.1. The average molecular weight is 734 g/mol. The summed E-state index contributed by atoms with van der Waals surface area (Å²) in [5.74, 6) is 0.759. The Bertz CT molecular complexity index is 3690. The van der Waals surface area contributed by atoms with Gasteiger partial charge in [-0.15, -0.1) is 11.3 Å². The third-order valence-corrected chi connectivity index (χ3v) is 13.6. The normalized spacial score (nSPS) is 13.7. The van der Waals surface area contributed by atoms with E-state index in [9.17, 15) is 0 Å². The van der Waals surface area contributed by atoms with Crippen molar-refractivity contribution < 1.29 is 4.42 Å². The molecule has 12 aromatic rings. The summed E-state index contributed by atoms with van der Waals surface area (Å²) in [7, 11) is 0. The van der Waals surface area contributed by atoms with Crippen molar-refractivity contribution in [3.63, 3.8) is 0 Å². The molecule has 13 rings (SSSR count). The van der Waals surface area contributed by atoms with E-state index >= 15 is 0 Å². The molecule has 0 saturated heterocycles. The molecule has 8 aromatic carbocycles. The second-order valence-corrected chi connectivity index (χ2v) is 16.7. The summed E-state index contributed by atoms with van der Waals surface area (Å²) in [5, 5.41) is 11.0. The second-order valence-electron chi connectivity index (χ2n) is 15.7. The molecule has 0 atom stereocenters. The van der Waals surface area contributed by atoms with Crippen molar-refractivity contribution in [1.29, 1.82) is 0 Å². The fraction of sp³-hybridized carbons (Fsp3) is 0.0588. The van der Waals surface area contributed by atoms with E-state index in [1.54, 1.807) is 0 Å². The summed E-state index contributed by atoms with van der Waals surface area (Å²) in [6.45, 7) is 4.67. The minimum Gasteiger partial charge on any atom is -0.436 e. The zero-order chi connectivity index (χ0) is 36.9. The maximum atomic E-state index is 6.53. The van der Waals surface area contributed by atoms with Crippen molar-refractivity contribution in [3.8, 4) is 28.2 Å². The monoisotopic (exact) mass is 733 g/mol. The van der Waals surface area contributed by atoms with Gasteiger partial charge in [0, 0.05) is 42.6 Å². The molecule has 4 aromatic heterocycles. The molecule has 1 aliphatic rings. The van der Waals surface area contributed by atoms with Gasteiger partial charge in [-0.25, -0.2) is 4.98 Å². The van der Waals surface area contributed by atoms with Gasteiger partial charge in [-0.3, -0.25) is 4.57 Å². The highest BCUT2D eigenvalue weighted by atomic mass is 32.1. The summed E-state index contributed by atoms with van der Waals surface area (Å²) in [5.41, 5.74) is 11.2. The summed E-state index contributed by atoms with van der Waals surface area (Å²) >= 11 is 1.87. The molecule has 0 amide bonds. The number of para-hydroxylation sites is 2. The summed E-state index contributed by atoms with van der Waals surface area (Å²) < 4.78 is 11.4. The first kappa shape index (κ1) is 30.5. The van der Waals surface area contributed by atoms with Gasteiger partial charge in [-0.05, 0) is 74.1 Å². The first-order chi connectivity index (χ1) is 27.5. The molecule has 0 aliphatic heterocycles. The predicted molar refractivity (Wildman–Crippen MR) is 235 cm³/mol. The van der Waals surface area contributed by atoms with E-state index in [-0.39, 0.29) is 5.41 Å². The van der Waals surface area contributed by atoms with E-state index in [2.05, 4.69) is 152 Å². The third-order valence-electron chi connectivity index (χ3n) is 12.4. The minimum atomic E-state index is -0.167. The Labute approximate surface area is 324 Å². The number of hydrogen-bond donors (Lipinski definition) is 0. The second kappa shape index (κ2) is 10.7. The molecular weight excluding hydrogens is 703 g/mol. The van der Waals surface area contributed by atoms with E-state index in [1.807, 2.05) is 29.5 Å². The summed E-state index contributed by atoms with van der Waals surface area (Å²) in [4.78, 5) is 11.1. The number of furan rings is 1. The van der Waals surface area contributed by atoms with E-state index in [0.717, 1.165) is 44.6 Å². The van der Waals surface area contributed by atoms with Crippen LogP contribution in [0.3, 0.4) is 0 Å². The number of thiophene rings is 1. The highest BCUT2D eigenvalue weighted by molar-refractivity contribution is 7.27. The molecule has 5 heteroatoms. The quantitative estimate of drug-likeness (QED) is 0.178. The van der Waals surface area contributed by atoms with Gasteiger partial charge in [0.25, 0.3) is 0 Å². The maximum Gasteiger partial charge on any atom is 0.248 e. The molecular formula is C51H31N3OS. The molecule has 0 bridgehead atoms. The molecule has 0 spiro atoms. The van der Waals surface area contributed by atoms with Crippen molar-refractivity contribution in [1.82, 2.24) is 14.5 Å². The summed E-state index contributed by atoms with van der Waals surface area (Å²) in [6.07, 6.45) is 0. The van der Waals surface area contributed by atoms with Crippen molar-refractivity contribution in [2.24, 2.45) is 0 Å². The Morgan fingerprint density at radius 1 is 0.571 bits per heavy atom. The Hall–Kier alpha value is -6.82. The fourth-order valence-corrected chi connectivity index (χ4v) is 11.1. The number of aromatic nitrogens is 3. The smallest absolute Gasteiger partial charge is 0.248 e.